The van der Waals surface area contributed by atoms with Crippen molar-refractivity contribution in [1.29, 1.82) is 0 Å². The van der Waals surface area contributed by atoms with Gasteiger partial charge in [0.2, 0.25) is 0 Å². The van der Waals surface area contributed by atoms with Crippen molar-refractivity contribution in [2.24, 2.45) is 11.8 Å². The lowest BCUT2D eigenvalue weighted by Gasteiger charge is -2.34. The molecule has 0 radical (unpaired) electrons. The molecule has 0 bridgehead atoms. The molecule has 0 aromatic rings. The first-order valence-electron chi connectivity index (χ1n) is 6.89. The second kappa shape index (κ2) is 7.01. The van der Waals surface area contributed by atoms with Gasteiger partial charge in [0.15, 0.2) is 0 Å². The second-order valence-corrected chi connectivity index (χ2v) is 7.04. The summed E-state index contributed by atoms with van der Waals surface area (Å²) in [5, 5.41) is 13.7. The van der Waals surface area contributed by atoms with Crippen molar-refractivity contribution in [3.63, 3.8) is 0 Å². The number of hydrogen-bond acceptors (Lipinski definition) is 3. The van der Waals surface area contributed by atoms with E-state index in [-0.39, 0.29) is 0 Å². The average Bonchev–Trinajstić information content (AvgIpc) is 2.27. The summed E-state index contributed by atoms with van der Waals surface area (Å²) in [6.07, 6.45) is 7.33. The largest absolute Gasteiger partial charge is 0.388 e. The van der Waals surface area contributed by atoms with Crippen LogP contribution < -0.4 is 5.32 Å². The van der Waals surface area contributed by atoms with Gasteiger partial charge in [0.1, 0.15) is 0 Å². The molecule has 3 heteroatoms. The number of nitrogens with one attached hydrogen (secondary N) is 1. The van der Waals surface area contributed by atoms with E-state index in [0.717, 1.165) is 24.1 Å². The Bertz CT molecular complexity index is 218. The summed E-state index contributed by atoms with van der Waals surface area (Å²) in [6, 6.07) is 0.615. The highest BCUT2D eigenvalue weighted by Crippen LogP contribution is 2.30. The van der Waals surface area contributed by atoms with Gasteiger partial charge in [-0.25, -0.2) is 0 Å². The number of rotatable bonds is 6. The fourth-order valence-corrected chi connectivity index (χ4v) is 3.47. The van der Waals surface area contributed by atoms with Crippen LogP contribution in [-0.4, -0.2) is 35.3 Å². The molecule has 0 aromatic heterocycles. The first kappa shape index (κ1) is 15.3. The number of hydrogen-bond donors (Lipinski definition) is 2. The van der Waals surface area contributed by atoms with Crippen molar-refractivity contribution in [2.45, 2.75) is 58.1 Å². The quantitative estimate of drug-likeness (QED) is 0.769. The third kappa shape index (κ3) is 5.62. The van der Waals surface area contributed by atoms with Crippen LogP contribution in [0.3, 0.4) is 0 Å². The summed E-state index contributed by atoms with van der Waals surface area (Å²) in [6.45, 7) is 7.32. The molecule has 1 saturated carbocycles. The number of thioether (sulfide) groups is 1. The van der Waals surface area contributed by atoms with Crippen LogP contribution in [0.25, 0.3) is 0 Å². The Morgan fingerprint density at radius 3 is 2.71 bits per heavy atom. The minimum Gasteiger partial charge on any atom is -0.388 e. The van der Waals surface area contributed by atoms with Crippen molar-refractivity contribution in [2.75, 3.05) is 18.6 Å². The SMILES string of the molecule is CSCC(C)(O)CNC1CCCC(C(C)C)C1. The molecule has 1 aliphatic rings. The summed E-state index contributed by atoms with van der Waals surface area (Å²) >= 11 is 1.71. The van der Waals surface area contributed by atoms with Gasteiger partial charge in [0.25, 0.3) is 0 Å². The third-order valence-electron chi connectivity index (χ3n) is 3.88. The van der Waals surface area contributed by atoms with Gasteiger partial charge < -0.3 is 10.4 Å². The van der Waals surface area contributed by atoms with Crippen molar-refractivity contribution < 1.29 is 5.11 Å². The minimum atomic E-state index is -0.565. The smallest absolute Gasteiger partial charge is 0.0833 e. The standard InChI is InChI=1S/C14H29NOS/c1-11(2)12-6-5-7-13(8-12)15-9-14(3,16)10-17-4/h11-13,15-16H,5-10H2,1-4H3. The van der Waals surface area contributed by atoms with Gasteiger partial charge in [-0.3, -0.25) is 0 Å². The minimum absolute atomic E-state index is 0.565. The second-order valence-electron chi connectivity index (χ2n) is 6.18. The molecule has 0 saturated heterocycles. The highest BCUT2D eigenvalue weighted by atomic mass is 32.2. The van der Waals surface area contributed by atoms with Crippen LogP contribution in [0, 0.1) is 11.8 Å². The van der Waals surface area contributed by atoms with E-state index in [0.29, 0.717) is 6.04 Å². The van der Waals surface area contributed by atoms with E-state index in [9.17, 15) is 5.11 Å². The van der Waals surface area contributed by atoms with E-state index in [4.69, 9.17) is 0 Å². The van der Waals surface area contributed by atoms with Gasteiger partial charge in [-0.1, -0.05) is 26.7 Å². The molecule has 0 aliphatic heterocycles. The predicted octanol–water partition coefficient (Wildman–Crippen LogP) is 2.90. The summed E-state index contributed by atoms with van der Waals surface area (Å²) in [7, 11) is 0. The fraction of sp³-hybridized carbons (Fsp3) is 1.00. The molecule has 0 heterocycles. The molecule has 17 heavy (non-hydrogen) atoms. The van der Waals surface area contributed by atoms with Crippen molar-refractivity contribution in [3.05, 3.63) is 0 Å². The van der Waals surface area contributed by atoms with Crippen LogP contribution in [0.1, 0.15) is 46.5 Å². The molecule has 3 atom stereocenters. The van der Waals surface area contributed by atoms with Gasteiger partial charge in [-0.2, -0.15) is 11.8 Å². The van der Waals surface area contributed by atoms with E-state index in [1.807, 2.05) is 13.2 Å². The molecular weight excluding hydrogens is 230 g/mol. The Kier molecular flexibility index (Phi) is 6.32. The molecule has 1 fully saturated rings. The molecule has 3 unspecified atom stereocenters. The Hall–Kier alpha value is 0.270. The Labute approximate surface area is 111 Å². The van der Waals surface area contributed by atoms with Crippen LogP contribution in [0.2, 0.25) is 0 Å². The molecule has 102 valence electrons. The maximum Gasteiger partial charge on any atom is 0.0833 e. The van der Waals surface area contributed by atoms with Crippen LogP contribution in [-0.2, 0) is 0 Å². The zero-order valence-electron chi connectivity index (χ0n) is 11.8. The lowest BCUT2D eigenvalue weighted by Crippen LogP contribution is -2.45. The van der Waals surface area contributed by atoms with E-state index >= 15 is 0 Å². The van der Waals surface area contributed by atoms with E-state index in [1.165, 1.54) is 25.7 Å². The molecule has 1 aliphatic carbocycles. The maximum atomic E-state index is 10.1. The van der Waals surface area contributed by atoms with Gasteiger partial charge in [0, 0.05) is 18.3 Å². The normalized spacial score (nSPS) is 29.3. The van der Waals surface area contributed by atoms with Gasteiger partial charge in [0.05, 0.1) is 5.60 Å². The Morgan fingerprint density at radius 1 is 1.41 bits per heavy atom. The molecular formula is C14H29NOS. The topological polar surface area (TPSA) is 32.3 Å². The van der Waals surface area contributed by atoms with Crippen LogP contribution >= 0.6 is 11.8 Å². The molecule has 2 nitrogen and oxygen atoms in total. The summed E-state index contributed by atoms with van der Waals surface area (Å²) < 4.78 is 0. The van der Waals surface area contributed by atoms with Gasteiger partial charge >= 0.3 is 0 Å². The van der Waals surface area contributed by atoms with Crippen LogP contribution in [0.5, 0.6) is 0 Å². The van der Waals surface area contributed by atoms with Gasteiger partial charge in [-0.05, 0) is 37.9 Å². The lowest BCUT2D eigenvalue weighted by molar-refractivity contribution is 0.0767. The van der Waals surface area contributed by atoms with Crippen molar-refractivity contribution >= 4 is 11.8 Å². The zero-order chi connectivity index (χ0) is 12.9. The molecule has 1 rings (SSSR count). The molecule has 0 aromatic carbocycles. The fourth-order valence-electron chi connectivity index (χ4n) is 2.74. The first-order chi connectivity index (χ1) is 7.94. The van der Waals surface area contributed by atoms with Crippen LogP contribution in [0.15, 0.2) is 0 Å². The molecule has 2 N–H and O–H groups in total. The summed E-state index contributed by atoms with van der Waals surface area (Å²) in [5.41, 5.74) is -0.565. The Morgan fingerprint density at radius 2 is 2.12 bits per heavy atom. The van der Waals surface area contributed by atoms with E-state index < -0.39 is 5.60 Å². The van der Waals surface area contributed by atoms with Crippen molar-refractivity contribution in [1.82, 2.24) is 5.32 Å². The summed E-state index contributed by atoms with van der Waals surface area (Å²) in [4.78, 5) is 0. The molecule has 0 amide bonds. The third-order valence-corrected chi connectivity index (χ3v) is 4.80. The zero-order valence-corrected chi connectivity index (χ0v) is 12.6. The first-order valence-corrected chi connectivity index (χ1v) is 8.28. The van der Waals surface area contributed by atoms with Crippen LogP contribution in [0.4, 0.5) is 0 Å². The maximum absolute atomic E-state index is 10.1. The lowest BCUT2D eigenvalue weighted by atomic mass is 9.79. The predicted molar refractivity (Wildman–Crippen MR) is 77.6 cm³/mol. The van der Waals surface area contributed by atoms with Gasteiger partial charge in [-0.15, -0.1) is 0 Å². The number of aliphatic hydroxyl groups is 1. The highest BCUT2D eigenvalue weighted by molar-refractivity contribution is 7.98. The van der Waals surface area contributed by atoms with Crippen molar-refractivity contribution in [3.8, 4) is 0 Å². The Balaban J connectivity index is 2.31. The van der Waals surface area contributed by atoms with E-state index in [1.54, 1.807) is 11.8 Å². The molecule has 0 spiro atoms. The van der Waals surface area contributed by atoms with E-state index in [2.05, 4.69) is 19.2 Å². The average molecular weight is 259 g/mol. The monoisotopic (exact) mass is 259 g/mol. The summed E-state index contributed by atoms with van der Waals surface area (Å²) in [5.74, 6) is 2.47. The highest BCUT2D eigenvalue weighted by Gasteiger charge is 2.26.